The molecule has 0 N–H and O–H groups in total. The first-order valence-corrected chi connectivity index (χ1v) is 9.19. The monoisotopic (exact) mass is 374 g/mol. The maximum Gasteiger partial charge on any atom is 0.328 e. The van der Waals surface area contributed by atoms with Crippen molar-refractivity contribution in [3.05, 3.63) is 71.1 Å². The lowest BCUT2D eigenvalue weighted by Gasteiger charge is -2.28. The number of hydrogen-bond acceptors (Lipinski definition) is 4. The second-order valence-corrected chi connectivity index (χ2v) is 6.71. The summed E-state index contributed by atoms with van der Waals surface area (Å²) in [6.07, 6.45) is 1.62. The average molecular weight is 374 g/mol. The van der Waals surface area contributed by atoms with Crippen molar-refractivity contribution in [1.82, 2.24) is 19.2 Å². The van der Waals surface area contributed by atoms with Crippen molar-refractivity contribution >= 4 is 16.9 Å². The summed E-state index contributed by atoms with van der Waals surface area (Å²) >= 11 is 0. The number of carbonyl (C=O) groups is 1. The van der Waals surface area contributed by atoms with Gasteiger partial charge in [-0.3, -0.25) is 9.36 Å². The van der Waals surface area contributed by atoms with Gasteiger partial charge in [0.2, 0.25) is 0 Å². The minimum atomic E-state index is -0.240. The summed E-state index contributed by atoms with van der Waals surface area (Å²) in [5, 5.41) is 5.34. The van der Waals surface area contributed by atoms with Gasteiger partial charge in [0.1, 0.15) is 5.69 Å². The van der Waals surface area contributed by atoms with Crippen LogP contribution in [0, 0.1) is 0 Å². The minimum absolute atomic E-state index is 0.159. The summed E-state index contributed by atoms with van der Waals surface area (Å²) in [7, 11) is 0. The van der Waals surface area contributed by atoms with Crippen LogP contribution in [0.4, 0.5) is 4.79 Å². The molecule has 140 valence electrons. The van der Waals surface area contributed by atoms with Crippen LogP contribution in [-0.4, -0.2) is 51.6 Å². The smallest absolute Gasteiger partial charge is 0.328 e. The molecule has 0 aromatic heterocycles. The molecule has 0 atom stereocenters. The number of hydrogen-bond donors (Lipinski definition) is 0. The molecule has 3 aliphatic heterocycles. The largest absolute Gasteiger partial charge is 0.378 e. The summed E-state index contributed by atoms with van der Waals surface area (Å²) in [6.45, 7) is 2.11. The SMILES string of the molecule is O=C(N1CCOCC1)n1cc2c(=O)n(-c3ccccc3)nc-2c2ccccc21. The first kappa shape index (κ1) is 16.7. The molecular formula is C21H18N4O3. The molecule has 1 amide bonds. The van der Waals surface area contributed by atoms with Gasteiger partial charge in [0.05, 0.1) is 30.0 Å². The lowest BCUT2D eigenvalue weighted by molar-refractivity contribution is 0.0537. The van der Waals surface area contributed by atoms with Crippen molar-refractivity contribution in [2.45, 2.75) is 0 Å². The molecule has 7 nitrogen and oxygen atoms in total. The van der Waals surface area contributed by atoms with E-state index in [-0.39, 0.29) is 11.6 Å². The highest BCUT2D eigenvalue weighted by Crippen LogP contribution is 2.28. The average Bonchev–Trinajstić information content (AvgIpc) is 3.10. The summed E-state index contributed by atoms with van der Waals surface area (Å²) in [6, 6.07) is 16.7. The Morgan fingerprint density at radius 1 is 0.964 bits per heavy atom. The van der Waals surface area contributed by atoms with Gasteiger partial charge in [0.25, 0.3) is 5.56 Å². The topological polar surface area (TPSA) is 69.4 Å². The van der Waals surface area contributed by atoms with E-state index in [0.29, 0.717) is 43.2 Å². The third-order valence-corrected chi connectivity index (χ3v) is 5.04. The molecule has 0 unspecified atom stereocenters. The number of fused-ring (bicyclic) bond motifs is 3. The first-order valence-electron chi connectivity index (χ1n) is 9.19. The Kier molecular flexibility index (Phi) is 3.95. The van der Waals surface area contributed by atoms with E-state index < -0.39 is 0 Å². The number of ether oxygens (including phenoxy) is 1. The van der Waals surface area contributed by atoms with Crippen LogP contribution in [0.5, 0.6) is 0 Å². The van der Waals surface area contributed by atoms with Crippen molar-refractivity contribution in [1.29, 1.82) is 0 Å². The van der Waals surface area contributed by atoms with Gasteiger partial charge in [-0.2, -0.15) is 9.78 Å². The van der Waals surface area contributed by atoms with Crippen molar-refractivity contribution in [3.8, 4) is 16.9 Å². The predicted octanol–water partition coefficient (Wildman–Crippen LogP) is 2.59. The Morgan fingerprint density at radius 3 is 2.46 bits per heavy atom. The number of nitrogens with zero attached hydrogens (tertiary/aromatic N) is 4. The number of morpholine rings is 1. The zero-order valence-corrected chi connectivity index (χ0v) is 15.1. The van der Waals surface area contributed by atoms with Crippen molar-refractivity contribution in [3.63, 3.8) is 0 Å². The Morgan fingerprint density at radius 2 is 1.68 bits per heavy atom. The van der Waals surface area contributed by atoms with E-state index in [2.05, 4.69) is 5.10 Å². The van der Waals surface area contributed by atoms with Gasteiger partial charge < -0.3 is 9.64 Å². The molecule has 3 heterocycles. The van der Waals surface area contributed by atoms with Gasteiger partial charge in [-0.15, -0.1) is 0 Å². The zero-order valence-electron chi connectivity index (χ0n) is 15.1. The van der Waals surface area contributed by atoms with Crippen LogP contribution >= 0.6 is 0 Å². The molecule has 0 spiro atoms. The molecule has 7 heteroatoms. The van der Waals surface area contributed by atoms with Crippen molar-refractivity contribution in [2.75, 3.05) is 26.3 Å². The minimum Gasteiger partial charge on any atom is -0.378 e. The summed E-state index contributed by atoms with van der Waals surface area (Å²) in [5.74, 6) is 0. The molecule has 0 aliphatic carbocycles. The highest BCUT2D eigenvalue weighted by Gasteiger charge is 2.25. The van der Waals surface area contributed by atoms with E-state index >= 15 is 0 Å². The zero-order chi connectivity index (χ0) is 19.1. The van der Waals surface area contributed by atoms with E-state index in [0.717, 1.165) is 10.9 Å². The number of para-hydroxylation sites is 2. The molecule has 2 aromatic carbocycles. The highest BCUT2D eigenvalue weighted by molar-refractivity contribution is 5.99. The third kappa shape index (κ3) is 2.59. The van der Waals surface area contributed by atoms with Crippen LogP contribution in [0.2, 0.25) is 0 Å². The molecule has 1 fully saturated rings. The van der Waals surface area contributed by atoms with E-state index in [4.69, 9.17) is 4.74 Å². The van der Waals surface area contributed by atoms with Crippen LogP contribution in [0.25, 0.3) is 27.8 Å². The molecule has 0 bridgehead atoms. The molecule has 0 saturated carbocycles. The summed E-state index contributed by atoms with van der Waals surface area (Å²) < 4.78 is 8.29. The molecule has 5 rings (SSSR count). The summed E-state index contributed by atoms with van der Waals surface area (Å²) in [5.41, 5.74) is 2.19. The normalized spacial score (nSPS) is 14.6. The molecular weight excluding hydrogens is 356 g/mol. The first-order chi connectivity index (χ1) is 13.7. The Hall–Kier alpha value is -3.45. The van der Waals surface area contributed by atoms with Crippen LogP contribution in [0.15, 0.2) is 65.6 Å². The number of pyridine rings is 1. The van der Waals surface area contributed by atoms with Gasteiger partial charge in [-0.1, -0.05) is 36.4 Å². The predicted molar refractivity (Wildman–Crippen MR) is 105 cm³/mol. The lowest BCUT2D eigenvalue weighted by Crippen LogP contribution is -2.43. The lowest BCUT2D eigenvalue weighted by atomic mass is 10.1. The quantitative estimate of drug-likeness (QED) is 0.514. The standard InChI is InChI=1S/C21H18N4O3/c26-20-17-14-24(21(27)23-10-12-28-13-11-23)18-9-5-4-8-16(18)19(17)22-25(20)15-6-2-1-3-7-15/h1-9,14H,10-13H2. The van der Waals surface area contributed by atoms with Gasteiger partial charge in [-0.05, 0) is 18.2 Å². The van der Waals surface area contributed by atoms with E-state index in [1.807, 2.05) is 54.6 Å². The maximum atomic E-state index is 13.1. The van der Waals surface area contributed by atoms with Crippen molar-refractivity contribution < 1.29 is 9.53 Å². The van der Waals surface area contributed by atoms with E-state index in [9.17, 15) is 9.59 Å². The number of benzene rings is 2. The van der Waals surface area contributed by atoms with E-state index in [1.165, 1.54) is 4.68 Å². The third-order valence-electron chi connectivity index (χ3n) is 5.04. The Labute approximate surface area is 160 Å². The van der Waals surface area contributed by atoms with Crippen LogP contribution < -0.4 is 5.56 Å². The molecule has 2 aromatic rings. The summed E-state index contributed by atoms with van der Waals surface area (Å²) in [4.78, 5) is 28.0. The fraction of sp³-hybridized carbons (Fsp3) is 0.190. The second kappa shape index (κ2) is 6.61. The maximum absolute atomic E-state index is 13.1. The fourth-order valence-corrected chi connectivity index (χ4v) is 3.62. The van der Waals surface area contributed by atoms with Gasteiger partial charge in [-0.25, -0.2) is 4.79 Å². The van der Waals surface area contributed by atoms with Crippen LogP contribution in [-0.2, 0) is 4.74 Å². The highest BCUT2D eigenvalue weighted by atomic mass is 16.5. The van der Waals surface area contributed by atoms with Crippen LogP contribution in [0.3, 0.4) is 0 Å². The molecule has 3 aliphatic rings. The number of aromatic nitrogens is 3. The van der Waals surface area contributed by atoms with Crippen molar-refractivity contribution in [2.24, 2.45) is 0 Å². The van der Waals surface area contributed by atoms with Gasteiger partial charge in [0, 0.05) is 24.7 Å². The number of rotatable bonds is 1. The number of amides is 1. The molecule has 28 heavy (non-hydrogen) atoms. The Bertz CT molecular complexity index is 1190. The molecule has 1 saturated heterocycles. The Balaban J connectivity index is 1.75. The second-order valence-electron chi connectivity index (χ2n) is 6.71. The van der Waals surface area contributed by atoms with Gasteiger partial charge in [0.15, 0.2) is 0 Å². The van der Waals surface area contributed by atoms with E-state index in [1.54, 1.807) is 15.7 Å². The molecule has 0 radical (unpaired) electrons. The van der Waals surface area contributed by atoms with Gasteiger partial charge >= 0.3 is 6.03 Å². The van der Waals surface area contributed by atoms with Crippen LogP contribution in [0.1, 0.15) is 0 Å². The number of carbonyl (C=O) groups excluding carboxylic acids is 1. The fourth-order valence-electron chi connectivity index (χ4n) is 3.62.